The van der Waals surface area contributed by atoms with E-state index in [4.69, 9.17) is 10.2 Å². The van der Waals surface area contributed by atoms with E-state index in [2.05, 4.69) is 21.0 Å². The fourth-order valence-corrected chi connectivity index (χ4v) is 2.07. The second-order valence-corrected chi connectivity index (χ2v) is 5.11. The maximum Gasteiger partial charge on any atom is 0.244 e. The van der Waals surface area contributed by atoms with Crippen LogP contribution in [0.3, 0.4) is 0 Å². The highest BCUT2D eigenvalue weighted by Gasteiger charge is 2.21. The molecule has 102 valence electrons. The third-order valence-electron chi connectivity index (χ3n) is 2.75. The second kappa shape index (κ2) is 5.58. The van der Waals surface area contributed by atoms with Gasteiger partial charge in [-0.15, -0.1) is 0 Å². The number of halogens is 1. The number of rotatable bonds is 4. The average Bonchev–Trinajstić information content (AvgIpc) is 2.96. The summed E-state index contributed by atoms with van der Waals surface area (Å²) in [6.07, 6.45) is 3.33. The molecule has 7 heteroatoms. The molecule has 1 amide bonds. The molecule has 0 saturated carbocycles. The van der Waals surface area contributed by atoms with Crippen LogP contribution in [-0.2, 0) is 18.4 Å². The number of hydrogen-bond acceptors (Lipinski definition) is 4. The number of aryl methyl sites for hydroxylation is 1. The Morgan fingerprint density at radius 1 is 1.63 bits per heavy atom. The normalized spacial score (nSPS) is 12.4. The molecule has 2 aromatic rings. The molecular weight excluding hydrogens is 312 g/mol. The Bertz CT molecular complexity index is 578. The summed E-state index contributed by atoms with van der Waals surface area (Å²) < 4.78 is 7.62. The number of hydrogen-bond donors (Lipinski definition) is 1. The maximum atomic E-state index is 12.2. The SMILES string of the molecule is CN(Cc1ccc(Br)o1)C(=O)C(N)c1cnn(C)c1. The Morgan fingerprint density at radius 2 is 2.37 bits per heavy atom. The van der Waals surface area contributed by atoms with Crippen LogP contribution in [0.4, 0.5) is 0 Å². The monoisotopic (exact) mass is 326 g/mol. The van der Waals surface area contributed by atoms with E-state index in [1.807, 2.05) is 6.07 Å². The van der Waals surface area contributed by atoms with E-state index in [1.165, 1.54) is 4.90 Å². The summed E-state index contributed by atoms with van der Waals surface area (Å²) in [7, 11) is 3.47. The molecule has 0 radical (unpaired) electrons. The molecule has 2 rings (SSSR count). The molecule has 2 N–H and O–H groups in total. The lowest BCUT2D eigenvalue weighted by molar-refractivity contribution is -0.132. The third-order valence-corrected chi connectivity index (χ3v) is 3.17. The highest BCUT2D eigenvalue weighted by atomic mass is 79.9. The van der Waals surface area contributed by atoms with Crippen LogP contribution >= 0.6 is 15.9 Å². The minimum atomic E-state index is -0.711. The van der Waals surface area contributed by atoms with Gasteiger partial charge in [0.05, 0.1) is 12.7 Å². The molecule has 0 spiro atoms. The molecule has 1 atom stereocenters. The van der Waals surface area contributed by atoms with Crippen molar-refractivity contribution < 1.29 is 9.21 Å². The van der Waals surface area contributed by atoms with E-state index in [-0.39, 0.29) is 5.91 Å². The highest BCUT2D eigenvalue weighted by molar-refractivity contribution is 9.10. The first-order chi connectivity index (χ1) is 8.97. The summed E-state index contributed by atoms with van der Waals surface area (Å²) in [6.45, 7) is 0.373. The van der Waals surface area contributed by atoms with Gasteiger partial charge in [-0.05, 0) is 28.1 Å². The van der Waals surface area contributed by atoms with E-state index in [1.54, 1.807) is 37.2 Å². The number of carbonyl (C=O) groups is 1. The van der Waals surface area contributed by atoms with Crippen LogP contribution in [0.25, 0.3) is 0 Å². The predicted octanol–water partition coefficient (Wildman–Crippen LogP) is 1.43. The first kappa shape index (κ1) is 13.8. The van der Waals surface area contributed by atoms with Gasteiger partial charge in [0.25, 0.3) is 0 Å². The molecule has 0 aliphatic carbocycles. The van der Waals surface area contributed by atoms with E-state index in [0.717, 1.165) is 0 Å². The minimum absolute atomic E-state index is 0.180. The number of aromatic nitrogens is 2. The van der Waals surface area contributed by atoms with Crippen LogP contribution < -0.4 is 5.73 Å². The molecule has 6 nitrogen and oxygen atoms in total. The number of carbonyl (C=O) groups excluding carboxylic acids is 1. The van der Waals surface area contributed by atoms with Crippen molar-refractivity contribution >= 4 is 21.8 Å². The largest absolute Gasteiger partial charge is 0.452 e. The minimum Gasteiger partial charge on any atom is -0.452 e. The van der Waals surface area contributed by atoms with Crippen molar-refractivity contribution in [3.63, 3.8) is 0 Å². The summed E-state index contributed by atoms with van der Waals surface area (Å²) in [5.74, 6) is 0.515. The van der Waals surface area contributed by atoms with Crippen molar-refractivity contribution in [1.82, 2.24) is 14.7 Å². The number of nitrogens with zero attached hydrogens (tertiary/aromatic N) is 3. The molecule has 1 unspecified atom stereocenters. The average molecular weight is 327 g/mol. The lowest BCUT2D eigenvalue weighted by Crippen LogP contribution is -2.35. The Hall–Kier alpha value is -1.60. The van der Waals surface area contributed by atoms with Crippen LogP contribution in [-0.4, -0.2) is 27.6 Å². The fraction of sp³-hybridized carbons (Fsp3) is 0.333. The van der Waals surface area contributed by atoms with E-state index in [0.29, 0.717) is 22.5 Å². The van der Waals surface area contributed by atoms with Crippen molar-refractivity contribution in [2.24, 2.45) is 12.8 Å². The van der Waals surface area contributed by atoms with E-state index >= 15 is 0 Å². The van der Waals surface area contributed by atoms with Gasteiger partial charge in [-0.3, -0.25) is 9.48 Å². The Morgan fingerprint density at radius 3 is 2.89 bits per heavy atom. The van der Waals surface area contributed by atoms with Gasteiger partial charge in [0, 0.05) is 25.9 Å². The molecule has 2 aromatic heterocycles. The zero-order valence-electron chi connectivity index (χ0n) is 10.7. The van der Waals surface area contributed by atoms with Gasteiger partial charge in [-0.25, -0.2) is 0 Å². The first-order valence-electron chi connectivity index (χ1n) is 5.70. The van der Waals surface area contributed by atoms with Crippen LogP contribution in [0.5, 0.6) is 0 Å². The number of likely N-dealkylation sites (N-methyl/N-ethyl adjacent to an activating group) is 1. The van der Waals surface area contributed by atoms with E-state index < -0.39 is 6.04 Å². The second-order valence-electron chi connectivity index (χ2n) is 4.33. The van der Waals surface area contributed by atoms with Gasteiger partial charge in [0.1, 0.15) is 11.8 Å². The fourth-order valence-electron chi connectivity index (χ4n) is 1.73. The zero-order valence-corrected chi connectivity index (χ0v) is 12.3. The number of amides is 1. The quantitative estimate of drug-likeness (QED) is 0.922. The Labute approximate surface area is 119 Å². The molecule has 0 saturated heterocycles. The van der Waals surface area contributed by atoms with Crippen molar-refractivity contribution in [2.75, 3.05) is 7.05 Å². The first-order valence-corrected chi connectivity index (χ1v) is 6.50. The van der Waals surface area contributed by atoms with Gasteiger partial charge in [-0.2, -0.15) is 5.10 Å². The number of nitrogens with two attached hydrogens (primary N) is 1. The standard InChI is InChI=1S/C12H15BrN4O2/c1-16(7-9-3-4-10(13)19-9)12(18)11(14)8-5-15-17(2)6-8/h3-6,11H,7,14H2,1-2H3. The molecule has 19 heavy (non-hydrogen) atoms. The van der Waals surface area contributed by atoms with Gasteiger partial charge >= 0.3 is 0 Å². The van der Waals surface area contributed by atoms with Crippen molar-refractivity contribution in [3.05, 3.63) is 40.5 Å². The summed E-state index contributed by atoms with van der Waals surface area (Å²) in [5.41, 5.74) is 6.62. The molecule has 0 aliphatic heterocycles. The summed E-state index contributed by atoms with van der Waals surface area (Å²) in [4.78, 5) is 13.7. The van der Waals surface area contributed by atoms with Crippen LogP contribution in [0.15, 0.2) is 33.6 Å². The van der Waals surface area contributed by atoms with Gasteiger partial charge in [0.15, 0.2) is 4.67 Å². The summed E-state index contributed by atoms with van der Waals surface area (Å²) >= 11 is 3.22. The lowest BCUT2D eigenvalue weighted by atomic mass is 10.1. The highest BCUT2D eigenvalue weighted by Crippen LogP contribution is 2.17. The molecule has 0 aliphatic rings. The van der Waals surface area contributed by atoms with Gasteiger partial charge in [-0.1, -0.05) is 0 Å². The molecule has 0 fully saturated rings. The molecule has 0 bridgehead atoms. The maximum absolute atomic E-state index is 12.2. The molecule has 2 heterocycles. The van der Waals surface area contributed by atoms with E-state index in [9.17, 15) is 4.79 Å². The third kappa shape index (κ3) is 3.24. The van der Waals surface area contributed by atoms with Gasteiger partial charge < -0.3 is 15.1 Å². The Balaban J connectivity index is 2.02. The van der Waals surface area contributed by atoms with Crippen LogP contribution in [0.2, 0.25) is 0 Å². The molecule has 0 aromatic carbocycles. The van der Waals surface area contributed by atoms with Crippen LogP contribution in [0.1, 0.15) is 17.4 Å². The summed E-state index contributed by atoms with van der Waals surface area (Å²) in [5, 5.41) is 4.01. The summed E-state index contributed by atoms with van der Waals surface area (Å²) in [6, 6.07) is 2.88. The van der Waals surface area contributed by atoms with Crippen molar-refractivity contribution in [2.45, 2.75) is 12.6 Å². The van der Waals surface area contributed by atoms with Crippen molar-refractivity contribution in [1.29, 1.82) is 0 Å². The zero-order chi connectivity index (χ0) is 14.0. The topological polar surface area (TPSA) is 77.3 Å². The number of furan rings is 1. The smallest absolute Gasteiger partial charge is 0.244 e. The Kier molecular flexibility index (Phi) is 4.06. The van der Waals surface area contributed by atoms with Crippen molar-refractivity contribution in [3.8, 4) is 0 Å². The van der Waals surface area contributed by atoms with Crippen LogP contribution in [0, 0.1) is 0 Å². The predicted molar refractivity (Wildman–Crippen MR) is 73.0 cm³/mol. The van der Waals surface area contributed by atoms with Gasteiger partial charge in [0.2, 0.25) is 5.91 Å². The molecular formula is C12H15BrN4O2. The lowest BCUT2D eigenvalue weighted by Gasteiger charge is -2.19.